The fourth-order valence-electron chi connectivity index (χ4n) is 6.71. The van der Waals surface area contributed by atoms with E-state index in [1.54, 1.807) is 0 Å². The molecule has 12 nitrogen and oxygen atoms in total. The Bertz CT molecular complexity index is 1700. The van der Waals surface area contributed by atoms with Crippen molar-refractivity contribution in [2.24, 2.45) is 0 Å². The van der Waals surface area contributed by atoms with Crippen LogP contribution >= 0.6 is 7.82 Å². The van der Waals surface area contributed by atoms with Crippen LogP contribution in [0.3, 0.4) is 0 Å². The van der Waals surface area contributed by atoms with E-state index in [0.29, 0.717) is 13.0 Å². The fraction of sp³-hybridized carbons (Fsp3) is 0.561. The van der Waals surface area contributed by atoms with Crippen molar-refractivity contribution in [3.63, 3.8) is 0 Å². The Morgan fingerprint density at radius 3 is 1.19 bits per heavy atom. The summed E-state index contributed by atoms with van der Waals surface area (Å²) in [6.45, 7) is 3.88. The molecule has 6 atom stereocenters. The summed E-state index contributed by atoms with van der Waals surface area (Å²) in [6.07, 6.45) is 56.2. The number of esters is 1. The Kier molecular flexibility index (Phi) is 41.4. The van der Waals surface area contributed by atoms with Crippen molar-refractivity contribution in [3.05, 3.63) is 146 Å². The second-order valence-corrected chi connectivity index (χ2v) is 18.3. The molecule has 1 aliphatic rings. The molecule has 0 aromatic carbocycles. The molecule has 0 radical (unpaired) electrons. The van der Waals surface area contributed by atoms with Gasteiger partial charge in [-0.25, -0.2) is 4.57 Å². The number of ether oxygens (including phenoxy) is 2. The van der Waals surface area contributed by atoms with Crippen LogP contribution in [-0.4, -0.2) is 98.9 Å². The maximum Gasteiger partial charge on any atom is 0.472 e. The third kappa shape index (κ3) is 36.2. The van der Waals surface area contributed by atoms with E-state index in [-0.39, 0.29) is 13.0 Å². The predicted molar refractivity (Wildman–Crippen MR) is 285 cm³/mol. The van der Waals surface area contributed by atoms with Gasteiger partial charge < -0.3 is 39.9 Å². The predicted octanol–water partition coefficient (Wildman–Crippen LogP) is 11.8. The number of hydrogen-bond donors (Lipinski definition) is 6. The second kappa shape index (κ2) is 45.1. The van der Waals surface area contributed by atoms with Crippen molar-refractivity contribution >= 4 is 13.8 Å². The SMILES string of the molecule is CC/C=C\C/C=C\C/C=C\C/C=C\C/C=C\C/C=C\CCCCCOCC(COP(=O)(O)OC1C(O)C(O)C(O)C(O)C1O)OC(=O)CCCC/C=C\C/C=C\C/C=C\C/C=C\C/C=C\C/C=C\CC. The summed E-state index contributed by atoms with van der Waals surface area (Å²) >= 11 is 0. The number of rotatable bonds is 41. The first-order valence-electron chi connectivity index (χ1n) is 25.7. The van der Waals surface area contributed by atoms with E-state index in [1.165, 1.54) is 0 Å². The minimum Gasteiger partial charge on any atom is -0.457 e. The van der Waals surface area contributed by atoms with Crippen LogP contribution in [0.15, 0.2) is 146 Å². The first-order valence-corrected chi connectivity index (χ1v) is 27.2. The Morgan fingerprint density at radius 1 is 0.457 bits per heavy atom. The second-order valence-electron chi connectivity index (χ2n) is 16.9. The monoisotopic (exact) mass is 997 g/mol. The highest BCUT2D eigenvalue weighted by atomic mass is 31.2. The van der Waals surface area contributed by atoms with Gasteiger partial charge >= 0.3 is 13.8 Å². The Balaban J connectivity index is 2.44. The number of hydrogen-bond acceptors (Lipinski definition) is 11. The summed E-state index contributed by atoms with van der Waals surface area (Å²) in [5.41, 5.74) is 0. The van der Waals surface area contributed by atoms with Crippen molar-refractivity contribution in [3.8, 4) is 0 Å². The minimum atomic E-state index is -5.06. The maximum atomic E-state index is 12.9. The highest BCUT2D eigenvalue weighted by molar-refractivity contribution is 7.47. The van der Waals surface area contributed by atoms with Gasteiger partial charge in [0.1, 0.15) is 42.7 Å². The van der Waals surface area contributed by atoms with Gasteiger partial charge in [0.2, 0.25) is 0 Å². The van der Waals surface area contributed by atoms with Crippen LogP contribution in [0, 0.1) is 0 Å². The van der Waals surface area contributed by atoms with Gasteiger partial charge in [0, 0.05) is 13.0 Å². The molecule has 0 spiro atoms. The third-order valence-corrected chi connectivity index (χ3v) is 11.7. The first kappa shape index (κ1) is 64.2. The molecule has 1 saturated carbocycles. The fourth-order valence-corrected chi connectivity index (χ4v) is 7.69. The molecule has 6 N–H and O–H groups in total. The van der Waals surface area contributed by atoms with Gasteiger partial charge in [-0.15, -0.1) is 0 Å². The highest BCUT2D eigenvalue weighted by Gasteiger charge is 2.51. The van der Waals surface area contributed by atoms with Gasteiger partial charge in [0.15, 0.2) is 0 Å². The van der Waals surface area contributed by atoms with E-state index in [9.17, 15) is 39.8 Å². The Labute approximate surface area is 421 Å². The number of aliphatic hydroxyl groups is 5. The van der Waals surface area contributed by atoms with Crippen LogP contribution in [0.2, 0.25) is 0 Å². The third-order valence-electron chi connectivity index (χ3n) is 10.7. The maximum absolute atomic E-state index is 12.9. The topological polar surface area (TPSA) is 192 Å². The number of unbranched alkanes of at least 4 members (excludes halogenated alkanes) is 5. The average molecular weight is 997 g/mol. The molecule has 6 unspecified atom stereocenters. The van der Waals surface area contributed by atoms with E-state index < -0.39 is 63.1 Å². The molecule has 70 heavy (non-hydrogen) atoms. The van der Waals surface area contributed by atoms with Crippen molar-refractivity contribution in [1.82, 2.24) is 0 Å². The molecule has 13 heteroatoms. The highest BCUT2D eigenvalue weighted by Crippen LogP contribution is 2.47. The normalized spacial score (nSPS) is 22.1. The number of allylic oxidation sites excluding steroid dienone is 24. The van der Waals surface area contributed by atoms with Gasteiger partial charge in [-0.1, -0.05) is 166 Å². The van der Waals surface area contributed by atoms with E-state index in [4.69, 9.17) is 18.5 Å². The average Bonchev–Trinajstić information content (AvgIpc) is 3.35. The number of carbonyl (C=O) groups excluding carboxylic acids is 1. The van der Waals surface area contributed by atoms with Crippen molar-refractivity contribution < 1.29 is 58.3 Å². The standard InChI is InChI=1S/C57H89O12P/c1-3-5-7-9-11-13-15-17-19-21-23-25-27-29-31-33-35-37-39-41-43-45-47-66-48-50(49-67-70(64,65)69-57-55(62)53(60)52(59)54(61)56(57)63)68-51(58)46-44-42-40-38-36-34-32-30-28-26-24-22-20-18-16-14-12-10-8-6-4-2/h5-8,11-14,17-20,23-26,29-32,35-38,50,52-57,59-63H,3-4,9-10,15-16,21-22,27-28,33-34,39-49H2,1-2H3,(H,64,65)/b7-5-,8-6-,13-11-,14-12-,19-17-,20-18-,25-23-,26-24-,31-29-,32-30-,37-35-,38-36-. The van der Waals surface area contributed by atoms with Crippen LogP contribution in [0.1, 0.15) is 142 Å². The zero-order valence-corrected chi connectivity index (χ0v) is 43.1. The molecule has 0 heterocycles. The summed E-state index contributed by atoms with van der Waals surface area (Å²) < 4.78 is 34.2. The van der Waals surface area contributed by atoms with Gasteiger partial charge in [0.05, 0.1) is 13.2 Å². The van der Waals surface area contributed by atoms with Gasteiger partial charge in [-0.3, -0.25) is 13.8 Å². The smallest absolute Gasteiger partial charge is 0.457 e. The zero-order chi connectivity index (χ0) is 51.2. The first-order chi connectivity index (χ1) is 34.0. The van der Waals surface area contributed by atoms with Crippen LogP contribution in [0.4, 0.5) is 0 Å². The molecule has 394 valence electrons. The molecule has 1 aliphatic carbocycles. The van der Waals surface area contributed by atoms with Crippen LogP contribution in [-0.2, 0) is 27.9 Å². The number of phosphoric ester groups is 1. The number of carbonyl (C=O) groups is 1. The Morgan fingerprint density at radius 2 is 0.800 bits per heavy atom. The van der Waals surface area contributed by atoms with Crippen LogP contribution < -0.4 is 0 Å². The number of phosphoric acid groups is 1. The lowest BCUT2D eigenvalue weighted by Crippen LogP contribution is -2.64. The summed E-state index contributed by atoms with van der Waals surface area (Å²) in [4.78, 5) is 23.2. The minimum absolute atomic E-state index is 0.111. The van der Waals surface area contributed by atoms with Gasteiger partial charge in [-0.05, 0) is 116 Å². The molecule has 1 fully saturated rings. The largest absolute Gasteiger partial charge is 0.472 e. The lowest BCUT2D eigenvalue weighted by atomic mass is 9.85. The number of aliphatic hydroxyl groups excluding tert-OH is 5. The van der Waals surface area contributed by atoms with E-state index in [2.05, 4.69) is 160 Å². The quantitative estimate of drug-likeness (QED) is 0.0147. The van der Waals surface area contributed by atoms with Crippen molar-refractivity contribution in [1.29, 1.82) is 0 Å². The van der Waals surface area contributed by atoms with Crippen molar-refractivity contribution in [2.75, 3.05) is 19.8 Å². The molecule has 0 bridgehead atoms. The Hall–Kier alpha value is -3.78. The molecule has 0 aliphatic heterocycles. The van der Waals surface area contributed by atoms with E-state index in [0.717, 1.165) is 116 Å². The zero-order valence-electron chi connectivity index (χ0n) is 42.2. The molecule has 0 saturated heterocycles. The van der Waals surface area contributed by atoms with Gasteiger partial charge in [0.25, 0.3) is 0 Å². The van der Waals surface area contributed by atoms with E-state index >= 15 is 0 Å². The van der Waals surface area contributed by atoms with Gasteiger partial charge in [-0.2, -0.15) is 0 Å². The summed E-state index contributed by atoms with van der Waals surface area (Å²) in [5.74, 6) is -0.539. The lowest BCUT2D eigenvalue weighted by molar-refractivity contribution is -0.220. The summed E-state index contributed by atoms with van der Waals surface area (Å²) in [7, 11) is -5.06. The lowest BCUT2D eigenvalue weighted by Gasteiger charge is -2.41. The van der Waals surface area contributed by atoms with Crippen LogP contribution in [0.25, 0.3) is 0 Å². The van der Waals surface area contributed by atoms with E-state index in [1.807, 2.05) is 0 Å². The molecule has 0 amide bonds. The molecular formula is C57H89O12P. The molecular weight excluding hydrogens is 908 g/mol. The molecule has 1 rings (SSSR count). The summed E-state index contributed by atoms with van der Waals surface area (Å²) in [6, 6.07) is 0. The summed E-state index contributed by atoms with van der Waals surface area (Å²) in [5, 5.41) is 50.3. The van der Waals surface area contributed by atoms with Crippen molar-refractivity contribution in [2.45, 2.75) is 185 Å². The van der Waals surface area contributed by atoms with Crippen LogP contribution in [0.5, 0.6) is 0 Å². The molecule has 0 aromatic rings. The molecule has 0 aromatic heterocycles.